The summed E-state index contributed by atoms with van der Waals surface area (Å²) < 4.78 is 0. The Bertz CT molecular complexity index is 389. The highest BCUT2D eigenvalue weighted by atomic mass is 32.1. The summed E-state index contributed by atoms with van der Waals surface area (Å²) in [5.41, 5.74) is 6.66. The van der Waals surface area contributed by atoms with Crippen LogP contribution in [0.4, 0.5) is 0 Å². The molecule has 0 aliphatic rings. The molecule has 0 aromatic carbocycles. The van der Waals surface area contributed by atoms with Crippen molar-refractivity contribution in [2.24, 2.45) is 17.6 Å². The Balaban J connectivity index is 2.57. The molecule has 2 atom stereocenters. The summed E-state index contributed by atoms with van der Waals surface area (Å²) in [7, 11) is 0. The molecule has 102 valence electrons. The highest BCUT2D eigenvalue weighted by Crippen LogP contribution is 2.19. The Morgan fingerprint density at radius 3 is 2.61 bits per heavy atom. The molecule has 5 heteroatoms. The number of rotatable bonds is 6. The molecule has 1 aromatic heterocycles. The van der Waals surface area contributed by atoms with E-state index in [1.54, 1.807) is 11.3 Å². The molecule has 0 fully saturated rings. The molecule has 2 unspecified atom stereocenters. The second kappa shape index (κ2) is 6.85. The average Bonchev–Trinajstić information content (AvgIpc) is 2.72. The minimum atomic E-state index is -0.103. The molecule has 0 aliphatic carbocycles. The number of aryl methyl sites for hydroxylation is 1. The van der Waals surface area contributed by atoms with E-state index in [2.05, 4.69) is 24.1 Å². The highest BCUT2D eigenvalue weighted by molar-refractivity contribution is 7.09. The molecule has 0 saturated carbocycles. The van der Waals surface area contributed by atoms with E-state index in [9.17, 15) is 4.79 Å². The van der Waals surface area contributed by atoms with Gasteiger partial charge in [-0.1, -0.05) is 13.8 Å². The first-order valence-corrected chi connectivity index (χ1v) is 7.24. The van der Waals surface area contributed by atoms with Gasteiger partial charge in [-0.25, -0.2) is 4.98 Å². The third-order valence-electron chi connectivity index (χ3n) is 2.78. The summed E-state index contributed by atoms with van der Waals surface area (Å²) in [5.74, 6) is 0.404. The van der Waals surface area contributed by atoms with E-state index in [0.717, 1.165) is 17.1 Å². The number of carbonyl (C=O) groups excluding carboxylic acids is 1. The lowest BCUT2D eigenvalue weighted by Crippen LogP contribution is -2.37. The fraction of sp³-hybridized carbons (Fsp3) is 0.692. The number of hydrogen-bond acceptors (Lipinski definition) is 4. The van der Waals surface area contributed by atoms with Crippen LogP contribution < -0.4 is 11.1 Å². The van der Waals surface area contributed by atoms with E-state index in [4.69, 9.17) is 5.73 Å². The van der Waals surface area contributed by atoms with E-state index in [1.807, 2.05) is 19.2 Å². The summed E-state index contributed by atoms with van der Waals surface area (Å²) in [6.45, 7) is 8.51. The van der Waals surface area contributed by atoms with Gasteiger partial charge < -0.3 is 11.1 Å². The normalized spacial score (nSPS) is 14.6. The molecule has 0 aliphatic heterocycles. The van der Waals surface area contributed by atoms with Crippen LogP contribution >= 0.6 is 11.3 Å². The molecule has 1 amide bonds. The molecule has 0 spiro atoms. The average molecular weight is 269 g/mol. The SMILES string of the molecule is Cc1csc(C(C)NC(=O)C(CN)CC(C)C)n1. The van der Waals surface area contributed by atoms with Gasteiger partial charge in [0.05, 0.1) is 12.0 Å². The zero-order chi connectivity index (χ0) is 13.7. The van der Waals surface area contributed by atoms with Crippen LogP contribution in [0.1, 0.15) is 43.9 Å². The summed E-state index contributed by atoms with van der Waals surface area (Å²) in [6.07, 6.45) is 0.825. The molecule has 3 N–H and O–H groups in total. The number of aromatic nitrogens is 1. The van der Waals surface area contributed by atoms with Crippen molar-refractivity contribution in [3.63, 3.8) is 0 Å². The minimum Gasteiger partial charge on any atom is -0.347 e. The second-order valence-electron chi connectivity index (χ2n) is 5.12. The van der Waals surface area contributed by atoms with Crippen LogP contribution in [0, 0.1) is 18.8 Å². The molecule has 1 heterocycles. The largest absolute Gasteiger partial charge is 0.347 e. The van der Waals surface area contributed by atoms with Crippen molar-refractivity contribution in [3.8, 4) is 0 Å². The predicted molar refractivity (Wildman–Crippen MR) is 75.4 cm³/mol. The van der Waals surface area contributed by atoms with Crippen LogP contribution in [0.5, 0.6) is 0 Å². The van der Waals surface area contributed by atoms with E-state index in [1.165, 1.54) is 0 Å². The van der Waals surface area contributed by atoms with Gasteiger partial charge in [-0.2, -0.15) is 0 Å². The molecular formula is C13H23N3OS. The maximum atomic E-state index is 12.1. The number of amides is 1. The molecule has 0 radical (unpaired) electrons. The molecule has 18 heavy (non-hydrogen) atoms. The number of nitrogens with zero attached hydrogens (tertiary/aromatic N) is 1. The van der Waals surface area contributed by atoms with Crippen molar-refractivity contribution in [1.29, 1.82) is 0 Å². The third kappa shape index (κ3) is 4.38. The maximum absolute atomic E-state index is 12.1. The van der Waals surface area contributed by atoms with Crippen LogP contribution in [-0.2, 0) is 4.79 Å². The molecule has 1 rings (SSSR count). The Labute approximate surface area is 113 Å². The van der Waals surface area contributed by atoms with Gasteiger partial charge in [-0.15, -0.1) is 11.3 Å². The minimum absolute atomic E-state index is 0.0338. The Hall–Kier alpha value is -0.940. The van der Waals surface area contributed by atoms with Crippen molar-refractivity contribution in [3.05, 3.63) is 16.1 Å². The fourth-order valence-corrected chi connectivity index (χ4v) is 2.65. The van der Waals surface area contributed by atoms with E-state index >= 15 is 0 Å². The van der Waals surface area contributed by atoms with Crippen LogP contribution in [0.25, 0.3) is 0 Å². The third-order valence-corrected chi connectivity index (χ3v) is 3.92. The lowest BCUT2D eigenvalue weighted by atomic mass is 9.96. The smallest absolute Gasteiger partial charge is 0.224 e. The Morgan fingerprint density at radius 2 is 2.17 bits per heavy atom. The summed E-state index contributed by atoms with van der Waals surface area (Å²) >= 11 is 1.58. The van der Waals surface area contributed by atoms with Crippen LogP contribution in [0.3, 0.4) is 0 Å². The molecule has 0 bridgehead atoms. The summed E-state index contributed by atoms with van der Waals surface area (Å²) in [4.78, 5) is 16.5. The van der Waals surface area contributed by atoms with Crippen molar-refractivity contribution >= 4 is 17.2 Å². The molecule has 4 nitrogen and oxygen atoms in total. The van der Waals surface area contributed by atoms with Gasteiger partial charge in [0.25, 0.3) is 0 Å². The van der Waals surface area contributed by atoms with Crippen molar-refractivity contribution in [2.75, 3.05) is 6.54 Å². The van der Waals surface area contributed by atoms with E-state index < -0.39 is 0 Å². The standard InChI is InChI=1S/C13H23N3OS/c1-8(2)5-11(6-14)12(17)16-10(4)13-15-9(3)7-18-13/h7-8,10-11H,5-6,14H2,1-4H3,(H,16,17). The number of hydrogen-bond donors (Lipinski definition) is 2. The molecule has 1 aromatic rings. The zero-order valence-corrected chi connectivity index (χ0v) is 12.4. The van der Waals surface area contributed by atoms with Crippen LogP contribution in [-0.4, -0.2) is 17.4 Å². The van der Waals surface area contributed by atoms with Gasteiger partial charge >= 0.3 is 0 Å². The van der Waals surface area contributed by atoms with E-state index in [-0.39, 0.29) is 17.9 Å². The number of carbonyl (C=O) groups is 1. The van der Waals surface area contributed by atoms with Crippen LogP contribution in [0.2, 0.25) is 0 Å². The van der Waals surface area contributed by atoms with Crippen molar-refractivity contribution in [2.45, 2.75) is 40.2 Å². The maximum Gasteiger partial charge on any atom is 0.224 e. The lowest BCUT2D eigenvalue weighted by Gasteiger charge is -2.19. The topological polar surface area (TPSA) is 68.0 Å². The first-order chi connectivity index (χ1) is 8.43. The number of nitrogens with two attached hydrogens (primary N) is 1. The zero-order valence-electron chi connectivity index (χ0n) is 11.6. The van der Waals surface area contributed by atoms with Gasteiger partial charge in [0.1, 0.15) is 5.01 Å². The monoisotopic (exact) mass is 269 g/mol. The first kappa shape index (κ1) is 15.1. The number of nitrogens with one attached hydrogen (secondary N) is 1. The van der Waals surface area contributed by atoms with Crippen LogP contribution in [0.15, 0.2) is 5.38 Å². The predicted octanol–water partition coefficient (Wildman–Crippen LogP) is 2.25. The van der Waals surface area contributed by atoms with Gasteiger partial charge in [-0.3, -0.25) is 4.79 Å². The fourth-order valence-electron chi connectivity index (χ4n) is 1.84. The summed E-state index contributed by atoms with van der Waals surface area (Å²) in [5, 5.41) is 5.93. The Kier molecular flexibility index (Phi) is 5.75. The van der Waals surface area contributed by atoms with Crippen molar-refractivity contribution in [1.82, 2.24) is 10.3 Å². The first-order valence-electron chi connectivity index (χ1n) is 6.36. The quantitative estimate of drug-likeness (QED) is 0.832. The van der Waals surface area contributed by atoms with Gasteiger partial charge in [-0.05, 0) is 26.2 Å². The van der Waals surface area contributed by atoms with Gasteiger partial charge in [0.15, 0.2) is 0 Å². The number of thiazole rings is 1. The van der Waals surface area contributed by atoms with E-state index in [0.29, 0.717) is 12.5 Å². The molecular weight excluding hydrogens is 246 g/mol. The molecule has 0 saturated heterocycles. The van der Waals surface area contributed by atoms with Gasteiger partial charge in [0, 0.05) is 17.6 Å². The van der Waals surface area contributed by atoms with Crippen molar-refractivity contribution < 1.29 is 4.79 Å². The Morgan fingerprint density at radius 1 is 1.50 bits per heavy atom. The van der Waals surface area contributed by atoms with Gasteiger partial charge in [0.2, 0.25) is 5.91 Å². The summed E-state index contributed by atoms with van der Waals surface area (Å²) in [6, 6.07) is -0.0441. The lowest BCUT2D eigenvalue weighted by molar-refractivity contribution is -0.125. The second-order valence-corrected chi connectivity index (χ2v) is 6.01. The highest BCUT2D eigenvalue weighted by Gasteiger charge is 2.21.